The molecule has 0 saturated carbocycles. The molecule has 0 spiro atoms. The minimum absolute atomic E-state index is 0.200. The van der Waals surface area contributed by atoms with Crippen molar-refractivity contribution in [3.63, 3.8) is 0 Å². The fourth-order valence-corrected chi connectivity index (χ4v) is 1.63. The first-order chi connectivity index (χ1) is 7.66. The molecule has 0 atom stereocenters. The van der Waals surface area contributed by atoms with Gasteiger partial charge in [0.05, 0.1) is 12.2 Å². The smallest absolute Gasteiger partial charge is 0.146 e. The number of nitrogens with zero attached hydrogens (tertiary/aromatic N) is 1. The van der Waals surface area contributed by atoms with Crippen LogP contribution in [-0.2, 0) is 13.6 Å². The maximum Gasteiger partial charge on any atom is 0.146 e. The van der Waals surface area contributed by atoms with Crippen molar-refractivity contribution in [2.24, 2.45) is 7.05 Å². The third kappa shape index (κ3) is 2.24. The zero-order chi connectivity index (χ0) is 11.5. The van der Waals surface area contributed by atoms with Crippen molar-refractivity contribution in [2.75, 3.05) is 5.32 Å². The molecular formula is C13H15FN2. The van der Waals surface area contributed by atoms with E-state index in [0.717, 1.165) is 11.3 Å². The zero-order valence-electron chi connectivity index (χ0n) is 9.50. The lowest BCUT2D eigenvalue weighted by Gasteiger charge is -2.08. The Morgan fingerprint density at radius 3 is 2.75 bits per heavy atom. The summed E-state index contributed by atoms with van der Waals surface area (Å²) < 4.78 is 15.5. The van der Waals surface area contributed by atoms with E-state index in [9.17, 15) is 4.39 Å². The molecule has 1 heterocycles. The summed E-state index contributed by atoms with van der Waals surface area (Å²) in [7, 11) is 1.97. The summed E-state index contributed by atoms with van der Waals surface area (Å²) in [6.07, 6.45) is 1.97. The zero-order valence-corrected chi connectivity index (χ0v) is 9.50. The van der Waals surface area contributed by atoms with Crippen molar-refractivity contribution in [2.45, 2.75) is 13.5 Å². The highest BCUT2D eigenvalue weighted by Gasteiger charge is 2.02. The van der Waals surface area contributed by atoms with Crippen molar-refractivity contribution in [3.05, 3.63) is 53.6 Å². The van der Waals surface area contributed by atoms with Crippen LogP contribution in [0.5, 0.6) is 0 Å². The van der Waals surface area contributed by atoms with Crippen LogP contribution in [0.3, 0.4) is 0 Å². The first-order valence-corrected chi connectivity index (χ1v) is 5.27. The third-order valence-electron chi connectivity index (χ3n) is 2.64. The maximum absolute atomic E-state index is 13.5. The second kappa shape index (κ2) is 4.39. The molecule has 0 aliphatic carbocycles. The quantitative estimate of drug-likeness (QED) is 0.837. The van der Waals surface area contributed by atoms with E-state index in [2.05, 4.69) is 5.32 Å². The summed E-state index contributed by atoms with van der Waals surface area (Å²) in [5, 5.41) is 3.09. The number of hydrogen-bond acceptors (Lipinski definition) is 1. The molecule has 0 radical (unpaired) electrons. The monoisotopic (exact) mass is 218 g/mol. The normalized spacial score (nSPS) is 10.4. The molecular weight excluding hydrogens is 203 g/mol. The lowest BCUT2D eigenvalue weighted by atomic mass is 10.2. The van der Waals surface area contributed by atoms with Gasteiger partial charge in [0.2, 0.25) is 0 Å². The van der Waals surface area contributed by atoms with Gasteiger partial charge in [-0.2, -0.15) is 0 Å². The van der Waals surface area contributed by atoms with Crippen LogP contribution in [0.15, 0.2) is 36.5 Å². The van der Waals surface area contributed by atoms with Crippen LogP contribution in [0.4, 0.5) is 10.1 Å². The molecule has 0 unspecified atom stereocenters. The maximum atomic E-state index is 13.5. The molecule has 1 aromatic heterocycles. The minimum atomic E-state index is -0.200. The Morgan fingerprint density at radius 2 is 2.12 bits per heavy atom. The summed E-state index contributed by atoms with van der Waals surface area (Å²) in [6.45, 7) is 2.51. The van der Waals surface area contributed by atoms with E-state index in [4.69, 9.17) is 0 Å². The number of hydrogen-bond donors (Lipinski definition) is 1. The summed E-state index contributed by atoms with van der Waals surface area (Å²) in [6, 6.07) is 9.19. The minimum Gasteiger partial charge on any atom is -0.377 e. The molecule has 0 aliphatic heterocycles. The summed E-state index contributed by atoms with van der Waals surface area (Å²) >= 11 is 0. The molecule has 0 saturated heterocycles. The van der Waals surface area contributed by atoms with Gasteiger partial charge in [-0.1, -0.05) is 6.07 Å². The van der Waals surface area contributed by atoms with E-state index < -0.39 is 0 Å². The van der Waals surface area contributed by atoms with Crippen molar-refractivity contribution >= 4 is 5.69 Å². The van der Waals surface area contributed by atoms with Gasteiger partial charge in [0.15, 0.2) is 0 Å². The van der Waals surface area contributed by atoms with Gasteiger partial charge >= 0.3 is 0 Å². The Bertz CT molecular complexity index is 488. The van der Waals surface area contributed by atoms with Crippen LogP contribution in [0, 0.1) is 12.7 Å². The molecule has 16 heavy (non-hydrogen) atoms. The molecule has 0 aliphatic rings. The number of nitrogens with one attached hydrogen (secondary N) is 1. The van der Waals surface area contributed by atoms with Crippen LogP contribution in [0.1, 0.15) is 11.3 Å². The molecule has 1 aromatic carbocycles. The van der Waals surface area contributed by atoms with E-state index in [0.29, 0.717) is 12.2 Å². The molecule has 3 heteroatoms. The van der Waals surface area contributed by atoms with Gasteiger partial charge in [0, 0.05) is 18.9 Å². The van der Waals surface area contributed by atoms with Gasteiger partial charge in [-0.25, -0.2) is 4.39 Å². The number of aryl methyl sites for hydroxylation is 2. The Hall–Kier alpha value is -1.77. The van der Waals surface area contributed by atoms with E-state index in [1.54, 1.807) is 6.07 Å². The number of anilines is 1. The Morgan fingerprint density at radius 1 is 1.31 bits per heavy atom. The first-order valence-electron chi connectivity index (χ1n) is 5.27. The summed E-state index contributed by atoms with van der Waals surface area (Å²) in [5.41, 5.74) is 2.61. The van der Waals surface area contributed by atoms with E-state index >= 15 is 0 Å². The number of rotatable bonds is 3. The fourth-order valence-electron chi connectivity index (χ4n) is 1.63. The second-order valence-electron chi connectivity index (χ2n) is 3.95. The van der Waals surface area contributed by atoms with Crippen LogP contribution in [0.2, 0.25) is 0 Å². The van der Waals surface area contributed by atoms with Crippen molar-refractivity contribution < 1.29 is 4.39 Å². The molecule has 1 N–H and O–H groups in total. The van der Waals surface area contributed by atoms with Crippen LogP contribution >= 0.6 is 0 Å². The topological polar surface area (TPSA) is 17.0 Å². The average molecular weight is 218 g/mol. The number of halogens is 1. The summed E-state index contributed by atoms with van der Waals surface area (Å²) in [4.78, 5) is 0. The molecule has 0 bridgehead atoms. The lowest BCUT2D eigenvalue weighted by Crippen LogP contribution is -2.05. The highest BCUT2D eigenvalue weighted by Crippen LogP contribution is 2.16. The molecule has 2 nitrogen and oxygen atoms in total. The highest BCUT2D eigenvalue weighted by atomic mass is 19.1. The van der Waals surface area contributed by atoms with Gasteiger partial charge in [-0.15, -0.1) is 0 Å². The van der Waals surface area contributed by atoms with Gasteiger partial charge in [-0.05, 0) is 36.8 Å². The molecule has 2 aromatic rings. The molecule has 84 valence electrons. The number of benzene rings is 1. The van der Waals surface area contributed by atoms with E-state index in [1.165, 1.54) is 6.07 Å². The van der Waals surface area contributed by atoms with Gasteiger partial charge in [0.25, 0.3) is 0 Å². The molecule has 0 fully saturated rings. The fraction of sp³-hybridized carbons (Fsp3) is 0.231. The first kappa shape index (κ1) is 10.7. The van der Waals surface area contributed by atoms with Crippen molar-refractivity contribution in [3.8, 4) is 0 Å². The van der Waals surface area contributed by atoms with Gasteiger partial charge < -0.3 is 9.88 Å². The molecule has 0 amide bonds. The van der Waals surface area contributed by atoms with Gasteiger partial charge in [0.1, 0.15) is 5.82 Å². The Kier molecular flexibility index (Phi) is 2.95. The standard InChI is InChI=1S/C13H15FN2/c1-10-5-6-13(12(14)8-10)15-9-11-4-3-7-16(11)2/h3-8,15H,9H2,1-2H3. The number of aromatic nitrogens is 1. The lowest BCUT2D eigenvalue weighted by molar-refractivity contribution is 0.628. The average Bonchev–Trinajstić information content (AvgIpc) is 2.63. The highest BCUT2D eigenvalue weighted by molar-refractivity contribution is 5.46. The molecule has 2 rings (SSSR count). The predicted octanol–water partition coefficient (Wildman–Crippen LogP) is 3.08. The van der Waals surface area contributed by atoms with Crippen LogP contribution < -0.4 is 5.32 Å². The second-order valence-corrected chi connectivity index (χ2v) is 3.95. The van der Waals surface area contributed by atoms with Crippen molar-refractivity contribution in [1.82, 2.24) is 4.57 Å². The largest absolute Gasteiger partial charge is 0.377 e. The predicted molar refractivity (Wildman–Crippen MR) is 63.9 cm³/mol. The van der Waals surface area contributed by atoms with Crippen LogP contribution in [0.25, 0.3) is 0 Å². The van der Waals surface area contributed by atoms with Gasteiger partial charge in [-0.3, -0.25) is 0 Å². The SMILES string of the molecule is Cc1ccc(NCc2cccn2C)c(F)c1. The van der Waals surface area contributed by atoms with Crippen LogP contribution in [-0.4, -0.2) is 4.57 Å². The van der Waals surface area contributed by atoms with E-state index in [1.807, 2.05) is 42.9 Å². The van der Waals surface area contributed by atoms with Crippen molar-refractivity contribution in [1.29, 1.82) is 0 Å². The third-order valence-corrected chi connectivity index (χ3v) is 2.64. The Balaban J connectivity index is 2.08. The van der Waals surface area contributed by atoms with E-state index in [-0.39, 0.29) is 5.82 Å². The Labute approximate surface area is 94.7 Å². The summed E-state index contributed by atoms with van der Waals surface area (Å²) in [5.74, 6) is -0.200.